The Kier molecular flexibility index (Phi) is 7.48. The maximum Gasteiger partial charge on any atom is 0.263 e. The molecule has 1 aliphatic heterocycles. The maximum absolute atomic E-state index is 14.1. The van der Waals surface area contributed by atoms with Crippen LogP contribution in [0, 0.1) is 12.8 Å². The summed E-state index contributed by atoms with van der Waals surface area (Å²) in [6.07, 6.45) is 1.47. The summed E-state index contributed by atoms with van der Waals surface area (Å²) >= 11 is 2.89. The molecule has 1 atom stereocenters. The molecular formula is C30H31N5O3S2. The third-order valence-corrected chi connectivity index (χ3v) is 9.51. The predicted octanol–water partition coefficient (Wildman–Crippen LogP) is 5.48. The van der Waals surface area contributed by atoms with Crippen molar-refractivity contribution in [1.29, 1.82) is 0 Å². The van der Waals surface area contributed by atoms with Crippen molar-refractivity contribution < 1.29 is 9.53 Å². The van der Waals surface area contributed by atoms with E-state index in [1.54, 1.807) is 15.9 Å². The van der Waals surface area contributed by atoms with Crippen LogP contribution in [0.15, 0.2) is 64.5 Å². The number of carbonyl (C=O) groups is 1. The van der Waals surface area contributed by atoms with Gasteiger partial charge in [-0.15, -0.1) is 21.5 Å². The van der Waals surface area contributed by atoms with E-state index in [1.807, 2.05) is 53.8 Å². The minimum absolute atomic E-state index is 0.0402. The van der Waals surface area contributed by atoms with Crippen molar-refractivity contribution in [3.05, 3.63) is 86.5 Å². The Morgan fingerprint density at radius 2 is 1.93 bits per heavy atom. The second-order valence-electron chi connectivity index (χ2n) is 10.4. The number of nitrogens with zero attached hydrogens (tertiary/aromatic N) is 4. The first kappa shape index (κ1) is 26.7. The average Bonchev–Trinajstić information content (AvgIpc) is 3.55. The van der Waals surface area contributed by atoms with Gasteiger partial charge < -0.3 is 10.1 Å². The number of fused-ring (bicyclic) bond motifs is 5. The molecule has 1 amide bonds. The molecule has 0 bridgehead atoms. The van der Waals surface area contributed by atoms with Crippen LogP contribution in [-0.2, 0) is 35.5 Å². The fourth-order valence-corrected chi connectivity index (χ4v) is 7.16. The monoisotopic (exact) mass is 573 g/mol. The molecule has 0 fully saturated rings. The van der Waals surface area contributed by atoms with Crippen LogP contribution in [-0.4, -0.2) is 36.9 Å². The van der Waals surface area contributed by atoms with E-state index in [-0.39, 0.29) is 23.3 Å². The van der Waals surface area contributed by atoms with Crippen LogP contribution in [0.25, 0.3) is 16.0 Å². The van der Waals surface area contributed by atoms with Gasteiger partial charge >= 0.3 is 0 Å². The molecule has 1 N–H and O–H groups in total. The average molecular weight is 574 g/mol. The van der Waals surface area contributed by atoms with Crippen molar-refractivity contribution in [2.45, 2.75) is 58.0 Å². The highest BCUT2D eigenvalue weighted by Crippen LogP contribution is 2.37. The molecule has 6 rings (SSSR count). The minimum Gasteiger partial charge on any atom is -0.372 e. The van der Waals surface area contributed by atoms with Gasteiger partial charge in [0.05, 0.1) is 23.8 Å². The summed E-state index contributed by atoms with van der Waals surface area (Å²) in [7, 11) is 0. The molecule has 0 radical (unpaired) electrons. The number of rotatable bonds is 8. The van der Waals surface area contributed by atoms with Crippen LogP contribution in [0.3, 0.4) is 0 Å². The van der Waals surface area contributed by atoms with Gasteiger partial charge in [-0.1, -0.05) is 74.1 Å². The number of anilines is 1. The molecule has 1 aliphatic rings. The molecule has 206 valence electrons. The van der Waals surface area contributed by atoms with E-state index in [2.05, 4.69) is 41.5 Å². The molecule has 0 saturated heterocycles. The Balaban J connectivity index is 1.40. The lowest BCUT2D eigenvalue weighted by molar-refractivity contribution is -0.113. The number of amides is 1. The van der Waals surface area contributed by atoms with Crippen LogP contribution >= 0.6 is 23.1 Å². The molecule has 2 aromatic carbocycles. The molecule has 1 unspecified atom stereocenters. The summed E-state index contributed by atoms with van der Waals surface area (Å²) in [6.45, 7) is 7.24. The van der Waals surface area contributed by atoms with E-state index in [9.17, 15) is 9.59 Å². The summed E-state index contributed by atoms with van der Waals surface area (Å²) < 4.78 is 9.84. The summed E-state index contributed by atoms with van der Waals surface area (Å²) in [5.74, 6) is 0.891. The number of benzene rings is 2. The van der Waals surface area contributed by atoms with Gasteiger partial charge in [0.2, 0.25) is 11.7 Å². The molecule has 3 aromatic heterocycles. The number of ether oxygens (including phenoxy) is 1. The van der Waals surface area contributed by atoms with E-state index in [1.165, 1.54) is 11.8 Å². The normalized spacial score (nSPS) is 15.2. The van der Waals surface area contributed by atoms with Gasteiger partial charge in [-0.25, -0.2) is 4.40 Å². The van der Waals surface area contributed by atoms with E-state index in [0.717, 1.165) is 37.5 Å². The number of thioether (sulfide) groups is 1. The number of hydrogen-bond acceptors (Lipinski definition) is 7. The predicted molar refractivity (Wildman–Crippen MR) is 160 cm³/mol. The number of hydrogen-bond donors (Lipinski definition) is 1. The molecule has 10 heteroatoms. The Labute approximate surface area is 240 Å². The van der Waals surface area contributed by atoms with Crippen LogP contribution in [0.5, 0.6) is 0 Å². The van der Waals surface area contributed by atoms with Gasteiger partial charge in [0.15, 0.2) is 5.16 Å². The highest BCUT2D eigenvalue weighted by molar-refractivity contribution is 7.99. The van der Waals surface area contributed by atoms with Crippen molar-refractivity contribution in [1.82, 2.24) is 19.2 Å². The molecule has 40 heavy (non-hydrogen) atoms. The third kappa shape index (κ3) is 5.07. The molecule has 0 saturated carbocycles. The highest BCUT2D eigenvalue weighted by atomic mass is 32.2. The fraction of sp³-hybridized carbons (Fsp3) is 0.333. The first-order valence-corrected chi connectivity index (χ1v) is 15.3. The van der Waals surface area contributed by atoms with E-state index in [4.69, 9.17) is 4.74 Å². The first-order valence-electron chi connectivity index (χ1n) is 13.5. The Morgan fingerprint density at radius 1 is 1.15 bits per heavy atom. The second kappa shape index (κ2) is 11.2. The first-order chi connectivity index (χ1) is 19.4. The Bertz CT molecular complexity index is 1760. The number of thiophene rings is 1. The van der Waals surface area contributed by atoms with Crippen LogP contribution in [0.4, 0.5) is 5.69 Å². The molecule has 5 aromatic rings. The van der Waals surface area contributed by atoms with E-state index in [0.29, 0.717) is 42.8 Å². The fourth-order valence-electron chi connectivity index (χ4n) is 5.13. The van der Waals surface area contributed by atoms with Gasteiger partial charge in [-0.05, 0) is 42.0 Å². The molecule has 0 spiro atoms. The molecular weight excluding hydrogens is 542 g/mol. The summed E-state index contributed by atoms with van der Waals surface area (Å²) in [6, 6.07) is 17.8. The standard InChI is InChI=1S/C30H31N5O3S2/c1-18(2)23-15-21-24(16-38-23)40-28-26(21)27(37)34(14-13-20-10-5-4-6-11-20)29-32-33-30(35(28)29)39-17-25(36)31-22-12-8-7-9-19(22)3/h4-12,18,23H,13-17H2,1-3H3,(H,31,36). The van der Waals surface area contributed by atoms with Crippen molar-refractivity contribution in [3.63, 3.8) is 0 Å². The van der Waals surface area contributed by atoms with Crippen molar-refractivity contribution >= 4 is 50.7 Å². The van der Waals surface area contributed by atoms with Crippen LogP contribution in [0.1, 0.15) is 35.4 Å². The lowest BCUT2D eigenvalue weighted by atomic mass is 9.96. The molecule has 4 heterocycles. The Morgan fingerprint density at radius 3 is 2.70 bits per heavy atom. The molecule has 0 aliphatic carbocycles. The highest BCUT2D eigenvalue weighted by Gasteiger charge is 2.30. The van der Waals surface area contributed by atoms with E-state index < -0.39 is 0 Å². The van der Waals surface area contributed by atoms with Gasteiger partial charge in [0.25, 0.3) is 5.56 Å². The van der Waals surface area contributed by atoms with E-state index >= 15 is 0 Å². The number of carbonyl (C=O) groups excluding carboxylic acids is 1. The zero-order valence-electron chi connectivity index (χ0n) is 22.7. The van der Waals surface area contributed by atoms with Crippen molar-refractivity contribution in [2.75, 3.05) is 11.1 Å². The van der Waals surface area contributed by atoms with Gasteiger partial charge in [-0.3, -0.25) is 14.2 Å². The zero-order valence-corrected chi connectivity index (χ0v) is 24.3. The molecule has 8 nitrogen and oxygen atoms in total. The number of nitrogens with one attached hydrogen (secondary N) is 1. The number of para-hydroxylation sites is 1. The topological polar surface area (TPSA) is 90.5 Å². The summed E-state index contributed by atoms with van der Waals surface area (Å²) in [5.41, 5.74) is 3.98. The SMILES string of the molecule is Cc1ccccc1NC(=O)CSc1nnc2n(CCc3ccccc3)c(=O)c3c4c(sc3n12)COC(C(C)C)C4. The Hall–Kier alpha value is -3.47. The number of aromatic nitrogens is 4. The van der Waals surface area contributed by atoms with Gasteiger partial charge in [0, 0.05) is 23.5 Å². The van der Waals surface area contributed by atoms with Crippen molar-refractivity contribution in [3.8, 4) is 0 Å². The maximum atomic E-state index is 14.1. The third-order valence-electron chi connectivity index (χ3n) is 7.39. The summed E-state index contributed by atoms with van der Waals surface area (Å²) in [4.78, 5) is 28.8. The smallest absolute Gasteiger partial charge is 0.263 e. The van der Waals surface area contributed by atoms with Crippen molar-refractivity contribution in [2.24, 2.45) is 5.92 Å². The number of aryl methyl sites for hydroxylation is 3. The minimum atomic E-state index is -0.122. The van der Waals surface area contributed by atoms with Crippen LogP contribution < -0.4 is 10.9 Å². The van der Waals surface area contributed by atoms with Crippen LogP contribution in [0.2, 0.25) is 0 Å². The quantitative estimate of drug-likeness (QED) is 0.247. The van der Waals surface area contributed by atoms with Gasteiger partial charge in [-0.2, -0.15) is 0 Å². The lowest BCUT2D eigenvalue weighted by Crippen LogP contribution is -2.29. The second-order valence-corrected chi connectivity index (χ2v) is 12.5. The summed E-state index contributed by atoms with van der Waals surface area (Å²) in [5, 5.41) is 13.2. The zero-order chi connectivity index (χ0) is 27.8. The largest absolute Gasteiger partial charge is 0.372 e. The van der Waals surface area contributed by atoms with Gasteiger partial charge in [0.1, 0.15) is 4.83 Å². The lowest BCUT2D eigenvalue weighted by Gasteiger charge is -2.26.